The van der Waals surface area contributed by atoms with Gasteiger partial charge in [0, 0.05) is 7.11 Å². The second-order valence-electron chi connectivity index (χ2n) is 4.14. The molecular formula is C13H16N2O. The smallest absolute Gasteiger partial charge is 0.0991 e. The second-order valence-corrected chi connectivity index (χ2v) is 4.14. The summed E-state index contributed by atoms with van der Waals surface area (Å²) in [4.78, 5) is 0. The minimum Gasteiger partial charge on any atom is -0.373 e. The fraction of sp³-hybridized carbons (Fsp3) is 0.462. The van der Waals surface area contributed by atoms with Gasteiger partial charge < -0.3 is 10.1 Å². The van der Waals surface area contributed by atoms with E-state index in [-0.39, 0.29) is 5.60 Å². The van der Waals surface area contributed by atoms with E-state index in [4.69, 9.17) is 10.00 Å². The maximum absolute atomic E-state index is 8.77. The van der Waals surface area contributed by atoms with Crippen LogP contribution < -0.4 is 5.32 Å². The Labute approximate surface area is 96.0 Å². The molecule has 3 heteroatoms. The first-order valence-corrected chi connectivity index (χ1v) is 5.57. The molecule has 84 valence electrons. The number of nitrogens with zero attached hydrogens (tertiary/aromatic N) is 1. The first-order valence-electron chi connectivity index (χ1n) is 5.57. The van der Waals surface area contributed by atoms with Gasteiger partial charge in [0.25, 0.3) is 0 Å². The van der Waals surface area contributed by atoms with E-state index in [9.17, 15) is 0 Å². The topological polar surface area (TPSA) is 45.0 Å². The van der Waals surface area contributed by atoms with Gasteiger partial charge in [0.15, 0.2) is 0 Å². The zero-order valence-corrected chi connectivity index (χ0v) is 9.49. The molecule has 16 heavy (non-hydrogen) atoms. The van der Waals surface area contributed by atoms with E-state index in [2.05, 4.69) is 11.4 Å². The molecule has 0 amide bonds. The third-order valence-corrected chi connectivity index (χ3v) is 3.34. The van der Waals surface area contributed by atoms with E-state index < -0.39 is 0 Å². The molecule has 1 aromatic rings. The maximum Gasteiger partial charge on any atom is 0.0991 e. The molecule has 0 saturated carbocycles. The van der Waals surface area contributed by atoms with Gasteiger partial charge in [-0.15, -0.1) is 0 Å². The number of piperidine rings is 1. The number of nitriles is 1. The van der Waals surface area contributed by atoms with Crippen LogP contribution in [0.2, 0.25) is 0 Å². The van der Waals surface area contributed by atoms with Crippen molar-refractivity contribution in [2.45, 2.75) is 18.4 Å². The SMILES string of the molecule is COC1(c2ccc(C#N)cc2)CCNCC1. The van der Waals surface area contributed by atoms with E-state index in [0.717, 1.165) is 25.9 Å². The van der Waals surface area contributed by atoms with Crippen LogP contribution in [0, 0.1) is 11.3 Å². The number of benzene rings is 1. The summed E-state index contributed by atoms with van der Waals surface area (Å²) in [6.45, 7) is 1.96. The molecule has 0 atom stereocenters. The summed E-state index contributed by atoms with van der Waals surface area (Å²) in [5, 5.41) is 12.1. The second kappa shape index (κ2) is 4.65. The summed E-state index contributed by atoms with van der Waals surface area (Å²) in [5.41, 5.74) is 1.71. The van der Waals surface area contributed by atoms with Gasteiger partial charge in [0.1, 0.15) is 0 Å². The van der Waals surface area contributed by atoms with Crippen molar-refractivity contribution in [2.75, 3.05) is 20.2 Å². The number of rotatable bonds is 2. The van der Waals surface area contributed by atoms with Gasteiger partial charge in [-0.3, -0.25) is 0 Å². The molecule has 0 bridgehead atoms. The first kappa shape index (κ1) is 11.1. The van der Waals surface area contributed by atoms with Gasteiger partial charge in [0.05, 0.1) is 17.2 Å². The molecule has 0 radical (unpaired) electrons. The Morgan fingerprint density at radius 1 is 1.25 bits per heavy atom. The quantitative estimate of drug-likeness (QED) is 0.819. The molecular weight excluding hydrogens is 200 g/mol. The molecule has 0 unspecified atom stereocenters. The van der Waals surface area contributed by atoms with E-state index >= 15 is 0 Å². The fourth-order valence-corrected chi connectivity index (χ4v) is 2.29. The van der Waals surface area contributed by atoms with E-state index in [0.29, 0.717) is 5.56 Å². The molecule has 1 aliphatic rings. The Morgan fingerprint density at radius 3 is 2.38 bits per heavy atom. The van der Waals surface area contributed by atoms with Gasteiger partial charge in [-0.05, 0) is 43.6 Å². The first-order chi connectivity index (χ1) is 7.80. The van der Waals surface area contributed by atoms with Gasteiger partial charge in [-0.2, -0.15) is 5.26 Å². The monoisotopic (exact) mass is 216 g/mol. The summed E-state index contributed by atoms with van der Waals surface area (Å²) in [6.07, 6.45) is 1.96. The van der Waals surface area contributed by atoms with Crippen molar-refractivity contribution in [1.29, 1.82) is 5.26 Å². The summed E-state index contributed by atoms with van der Waals surface area (Å²) in [5.74, 6) is 0. The fourth-order valence-electron chi connectivity index (χ4n) is 2.29. The highest BCUT2D eigenvalue weighted by Gasteiger charge is 2.33. The Morgan fingerprint density at radius 2 is 1.88 bits per heavy atom. The Balaban J connectivity index is 2.29. The van der Waals surface area contributed by atoms with Crippen molar-refractivity contribution in [3.63, 3.8) is 0 Å². The lowest BCUT2D eigenvalue weighted by molar-refractivity contribution is -0.0391. The van der Waals surface area contributed by atoms with Gasteiger partial charge in [-0.25, -0.2) is 0 Å². The van der Waals surface area contributed by atoms with Crippen LogP contribution in [0.3, 0.4) is 0 Å². The maximum atomic E-state index is 8.77. The van der Waals surface area contributed by atoms with E-state index in [1.165, 1.54) is 5.56 Å². The summed E-state index contributed by atoms with van der Waals surface area (Å²) in [7, 11) is 1.77. The third kappa shape index (κ3) is 1.95. The zero-order valence-electron chi connectivity index (χ0n) is 9.49. The van der Waals surface area contributed by atoms with Crippen molar-refractivity contribution in [2.24, 2.45) is 0 Å². The van der Waals surface area contributed by atoms with Gasteiger partial charge >= 0.3 is 0 Å². The Bertz CT molecular complexity index is 385. The molecule has 0 spiro atoms. The predicted molar refractivity (Wildman–Crippen MR) is 61.9 cm³/mol. The van der Waals surface area contributed by atoms with Crippen LogP contribution in [0.1, 0.15) is 24.0 Å². The van der Waals surface area contributed by atoms with Crippen LogP contribution >= 0.6 is 0 Å². The molecule has 1 aromatic carbocycles. The average molecular weight is 216 g/mol. The number of methoxy groups -OCH3 is 1. The highest BCUT2D eigenvalue weighted by atomic mass is 16.5. The molecule has 0 aromatic heterocycles. The molecule has 2 rings (SSSR count). The minimum absolute atomic E-state index is 0.167. The van der Waals surface area contributed by atoms with Crippen LogP contribution in [0.25, 0.3) is 0 Å². The van der Waals surface area contributed by atoms with Crippen LogP contribution in [0.4, 0.5) is 0 Å². The summed E-state index contributed by atoms with van der Waals surface area (Å²) in [6, 6.07) is 9.87. The van der Waals surface area contributed by atoms with Crippen molar-refractivity contribution in [3.05, 3.63) is 35.4 Å². The van der Waals surface area contributed by atoms with Crippen LogP contribution in [0.15, 0.2) is 24.3 Å². The van der Waals surface area contributed by atoms with Gasteiger partial charge in [-0.1, -0.05) is 12.1 Å². The van der Waals surface area contributed by atoms with Crippen molar-refractivity contribution in [1.82, 2.24) is 5.32 Å². The van der Waals surface area contributed by atoms with Crippen molar-refractivity contribution >= 4 is 0 Å². The van der Waals surface area contributed by atoms with Crippen LogP contribution in [-0.2, 0) is 10.3 Å². The van der Waals surface area contributed by atoms with E-state index in [1.807, 2.05) is 24.3 Å². The highest BCUT2D eigenvalue weighted by Crippen LogP contribution is 2.34. The van der Waals surface area contributed by atoms with Gasteiger partial charge in [0.2, 0.25) is 0 Å². The summed E-state index contributed by atoms with van der Waals surface area (Å²) < 4.78 is 5.72. The normalized spacial score (nSPS) is 19.0. The molecule has 1 heterocycles. The molecule has 1 saturated heterocycles. The predicted octanol–water partition coefficient (Wildman–Crippen LogP) is 1.78. The number of hydrogen-bond acceptors (Lipinski definition) is 3. The molecule has 1 aliphatic heterocycles. The highest BCUT2D eigenvalue weighted by molar-refractivity contribution is 5.34. The van der Waals surface area contributed by atoms with Crippen molar-refractivity contribution in [3.8, 4) is 6.07 Å². The number of nitrogens with one attached hydrogen (secondary N) is 1. The Hall–Kier alpha value is -1.37. The molecule has 0 aliphatic carbocycles. The largest absolute Gasteiger partial charge is 0.373 e. The summed E-state index contributed by atoms with van der Waals surface area (Å²) >= 11 is 0. The minimum atomic E-state index is -0.167. The third-order valence-electron chi connectivity index (χ3n) is 3.34. The lowest BCUT2D eigenvalue weighted by Gasteiger charge is -2.36. The number of hydrogen-bond donors (Lipinski definition) is 1. The van der Waals surface area contributed by atoms with Crippen LogP contribution in [0.5, 0.6) is 0 Å². The standard InChI is InChI=1S/C13H16N2O/c1-16-13(6-8-15-9-7-13)12-4-2-11(10-14)3-5-12/h2-5,15H,6-9H2,1H3. The lowest BCUT2D eigenvalue weighted by atomic mass is 9.84. The van der Waals surface area contributed by atoms with Crippen LogP contribution in [-0.4, -0.2) is 20.2 Å². The molecule has 3 nitrogen and oxygen atoms in total. The zero-order chi connectivity index (χ0) is 11.4. The van der Waals surface area contributed by atoms with Crippen molar-refractivity contribution < 1.29 is 4.74 Å². The lowest BCUT2D eigenvalue weighted by Crippen LogP contribution is -2.41. The Kier molecular flexibility index (Phi) is 3.23. The molecule has 1 N–H and O–H groups in total. The number of ether oxygens (including phenoxy) is 1. The molecule has 1 fully saturated rings. The average Bonchev–Trinajstić information content (AvgIpc) is 2.39. The van der Waals surface area contributed by atoms with E-state index in [1.54, 1.807) is 7.11 Å².